The lowest BCUT2D eigenvalue weighted by Crippen LogP contribution is -2.46. The molecule has 1 heterocycles. The van der Waals surface area contributed by atoms with Crippen LogP contribution < -0.4 is 11.1 Å². The van der Waals surface area contributed by atoms with Gasteiger partial charge in [-0.25, -0.2) is 4.98 Å². The van der Waals surface area contributed by atoms with Crippen LogP contribution in [0.2, 0.25) is 0 Å². The second kappa shape index (κ2) is 10.00. The number of imidazole rings is 1. The van der Waals surface area contributed by atoms with E-state index < -0.39 is 5.41 Å². The molecule has 0 aliphatic carbocycles. The maximum atomic E-state index is 12.7. The highest BCUT2D eigenvalue weighted by Gasteiger charge is 2.34. The molecule has 0 aliphatic heterocycles. The van der Waals surface area contributed by atoms with Gasteiger partial charge in [-0.2, -0.15) is 0 Å². The number of hydrogen-bond acceptors (Lipinski definition) is 3. The van der Waals surface area contributed by atoms with Gasteiger partial charge in [-0.05, 0) is 38.8 Å². The van der Waals surface area contributed by atoms with Crippen molar-refractivity contribution in [3.8, 4) is 0 Å². The predicted molar refractivity (Wildman–Crippen MR) is 109 cm³/mol. The number of fused-ring (bicyclic) bond motifs is 1. The Balaban J connectivity index is 0.00000288. The minimum absolute atomic E-state index is 0. The van der Waals surface area contributed by atoms with Crippen LogP contribution in [-0.2, 0) is 11.3 Å². The van der Waals surface area contributed by atoms with Crippen molar-refractivity contribution in [2.24, 2.45) is 11.1 Å². The third-order valence-electron chi connectivity index (χ3n) is 4.96. The molecule has 0 fully saturated rings. The van der Waals surface area contributed by atoms with Gasteiger partial charge in [-0.1, -0.05) is 26.0 Å². The third-order valence-corrected chi connectivity index (χ3v) is 4.96. The Labute approximate surface area is 162 Å². The van der Waals surface area contributed by atoms with Gasteiger partial charge in [0.15, 0.2) is 0 Å². The van der Waals surface area contributed by atoms with Crippen LogP contribution in [0, 0.1) is 5.41 Å². The van der Waals surface area contributed by atoms with Crippen molar-refractivity contribution in [3.05, 3.63) is 30.1 Å². The number of aromatic nitrogens is 2. The van der Waals surface area contributed by atoms with Crippen molar-refractivity contribution < 1.29 is 4.79 Å². The molecule has 25 heavy (non-hydrogen) atoms. The van der Waals surface area contributed by atoms with Gasteiger partial charge in [0.05, 0.1) is 22.5 Å². The van der Waals surface area contributed by atoms with E-state index in [2.05, 4.69) is 22.9 Å². The van der Waals surface area contributed by atoms with Crippen LogP contribution in [-0.4, -0.2) is 22.0 Å². The molecule has 1 aromatic carbocycles. The first-order valence-electron chi connectivity index (χ1n) is 8.49. The summed E-state index contributed by atoms with van der Waals surface area (Å²) in [6, 6.07) is 7.90. The molecule has 0 spiro atoms. The van der Waals surface area contributed by atoms with Crippen LogP contribution in [0.4, 0.5) is 0 Å². The normalized spacial score (nSPS) is 12.2. The summed E-state index contributed by atoms with van der Waals surface area (Å²) in [6.07, 6.45) is 1.48. The molecule has 0 bridgehead atoms. The maximum absolute atomic E-state index is 12.7. The summed E-state index contributed by atoms with van der Waals surface area (Å²) >= 11 is 0. The molecule has 1 aromatic heterocycles. The van der Waals surface area contributed by atoms with Gasteiger partial charge in [0.25, 0.3) is 0 Å². The average molecular weight is 389 g/mol. The predicted octanol–water partition coefficient (Wildman–Crippen LogP) is 3.84. The zero-order chi connectivity index (χ0) is 17.0. The van der Waals surface area contributed by atoms with E-state index >= 15 is 0 Å². The van der Waals surface area contributed by atoms with E-state index in [4.69, 9.17) is 10.7 Å². The highest BCUT2D eigenvalue weighted by atomic mass is 35.5. The number of halogens is 2. The van der Waals surface area contributed by atoms with Crippen molar-refractivity contribution >= 4 is 41.8 Å². The molecule has 0 saturated carbocycles. The number of carbonyl (C=O) groups excluding carboxylic acids is 1. The van der Waals surface area contributed by atoms with E-state index in [1.165, 1.54) is 0 Å². The Bertz CT molecular complexity index is 675. The smallest absolute Gasteiger partial charge is 0.228 e. The second-order valence-corrected chi connectivity index (χ2v) is 6.09. The maximum Gasteiger partial charge on any atom is 0.228 e. The fraction of sp³-hybridized carbons (Fsp3) is 0.556. The lowest BCUT2D eigenvalue weighted by Gasteiger charge is -2.30. The van der Waals surface area contributed by atoms with Gasteiger partial charge >= 0.3 is 0 Å². The first-order valence-corrected chi connectivity index (χ1v) is 8.49. The van der Waals surface area contributed by atoms with Crippen molar-refractivity contribution in [3.63, 3.8) is 0 Å². The molecule has 0 aliphatic rings. The standard InChI is InChI=1S/C18H28N4O.2ClH/c1-5-18(6-2,12-19)17(23)20-13(4)16-21-14-10-8-9-11-15(14)22(16)7-3;;/h8-11,13H,5-7,12,19H2,1-4H3,(H,20,23);2*1H. The van der Waals surface area contributed by atoms with Gasteiger partial charge in [-0.3, -0.25) is 4.79 Å². The Morgan fingerprint density at radius 2 is 1.84 bits per heavy atom. The fourth-order valence-corrected chi connectivity index (χ4v) is 3.12. The van der Waals surface area contributed by atoms with E-state index in [9.17, 15) is 4.79 Å². The number of hydrogen-bond donors (Lipinski definition) is 2. The molecule has 0 saturated heterocycles. The van der Waals surface area contributed by atoms with Crippen LogP contribution in [0.15, 0.2) is 24.3 Å². The van der Waals surface area contributed by atoms with Crippen LogP contribution in [0.3, 0.4) is 0 Å². The molecule has 0 radical (unpaired) electrons. The van der Waals surface area contributed by atoms with Gasteiger partial charge in [-0.15, -0.1) is 24.8 Å². The second-order valence-electron chi connectivity index (χ2n) is 6.09. The number of para-hydroxylation sites is 2. The Morgan fingerprint density at radius 3 is 2.36 bits per heavy atom. The first kappa shape index (κ1) is 23.7. The Kier molecular flexibility index (Phi) is 9.48. The summed E-state index contributed by atoms with van der Waals surface area (Å²) in [4.78, 5) is 17.4. The van der Waals surface area contributed by atoms with Gasteiger partial charge < -0.3 is 15.6 Å². The molecule has 3 N–H and O–H groups in total. The van der Waals surface area contributed by atoms with E-state index in [1.54, 1.807) is 0 Å². The molecule has 5 nitrogen and oxygen atoms in total. The van der Waals surface area contributed by atoms with Crippen molar-refractivity contribution in [2.75, 3.05) is 6.54 Å². The number of rotatable bonds is 7. The highest BCUT2D eigenvalue weighted by molar-refractivity contribution is 5.85. The summed E-state index contributed by atoms with van der Waals surface area (Å²) in [7, 11) is 0. The zero-order valence-corrected chi connectivity index (χ0v) is 17.0. The molecule has 7 heteroatoms. The van der Waals surface area contributed by atoms with Crippen LogP contribution in [0.5, 0.6) is 0 Å². The lowest BCUT2D eigenvalue weighted by atomic mass is 9.81. The van der Waals surface area contributed by atoms with E-state index in [0.717, 1.165) is 36.2 Å². The molecular weight excluding hydrogens is 359 g/mol. The Morgan fingerprint density at radius 1 is 1.24 bits per heavy atom. The van der Waals surface area contributed by atoms with Gasteiger partial charge in [0, 0.05) is 13.1 Å². The van der Waals surface area contributed by atoms with E-state index in [0.29, 0.717) is 6.54 Å². The van der Waals surface area contributed by atoms with E-state index in [-0.39, 0.29) is 36.8 Å². The molecule has 1 amide bonds. The number of nitrogens with zero attached hydrogens (tertiary/aromatic N) is 2. The molecule has 2 aromatic rings. The molecule has 2 rings (SSSR count). The van der Waals surface area contributed by atoms with E-state index in [1.807, 2.05) is 39.0 Å². The van der Waals surface area contributed by atoms with Crippen LogP contribution in [0.25, 0.3) is 11.0 Å². The number of amides is 1. The molecule has 142 valence electrons. The Hall–Kier alpha value is -1.30. The summed E-state index contributed by atoms with van der Waals surface area (Å²) in [6.45, 7) is 9.29. The van der Waals surface area contributed by atoms with Crippen molar-refractivity contribution in [2.45, 2.75) is 53.1 Å². The minimum atomic E-state index is -0.489. The highest BCUT2D eigenvalue weighted by Crippen LogP contribution is 2.27. The number of carbonyl (C=O) groups is 1. The summed E-state index contributed by atoms with van der Waals surface area (Å²) in [5.41, 5.74) is 7.45. The lowest BCUT2D eigenvalue weighted by molar-refractivity contribution is -0.131. The summed E-state index contributed by atoms with van der Waals surface area (Å²) < 4.78 is 2.16. The van der Waals surface area contributed by atoms with Gasteiger partial charge in [0.1, 0.15) is 5.82 Å². The molecule has 1 unspecified atom stereocenters. The van der Waals surface area contributed by atoms with Crippen LogP contribution >= 0.6 is 24.8 Å². The number of nitrogens with one attached hydrogen (secondary N) is 1. The zero-order valence-electron chi connectivity index (χ0n) is 15.4. The SMILES string of the molecule is CCn1c(C(C)NC(=O)C(CC)(CC)CN)nc2ccccc21.Cl.Cl. The average Bonchev–Trinajstić information content (AvgIpc) is 2.95. The quantitative estimate of drug-likeness (QED) is 0.756. The topological polar surface area (TPSA) is 72.9 Å². The van der Waals surface area contributed by atoms with Crippen molar-refractivity contribution in [1.82, 2.24) is 14.9 Å². The summed E-state index contributed by atoms with van der Waals surface area (Å²) in [5, 5.41) is 3.12. The number of nitrogens with two attached hydrogens (primary N) is 1. The molecular formula is C18H30Cl2N4O. The fourth-order valence-electron chi connectivity index (χ4n) is 3.12. The number of aryl methyl sites for hydroxylation is 1. The van der Waals surface area contributed by atoms with Crippen LogP contribution in [0.1, 0.15) is 52.4 Å². The largest absolute Gasteiger partial charge is 0.346 e. The first-order chi connectivity index (χ1) is 11.0. The van der Waals surface area contributed by atoms with Crippen molar-refractivity contribution in [1.29, 1.82) is 0 Å². The number of benzene rings is 1. The minimum Gasteiger partial charge on any atom is -0.346 e. The monoisotopic (exact) mass is 388 g/mol. The van der Waals surface area contributed by atoms with Gasteiger partial charge in [0.2, 0.25) is 5.91 Å². The third kappa shape index (κ3) is 4.46. The summed E-state index contributed by atoms with van der Waals surface area (Å²) in [5.74, 6) is 0.910. The molecule has 1 atom stereocenters.